The molecular formula is C10H22F3NO3S. The average molecular weight is 293 g/mol. The van der Waals surface area contributed by atoms with Gasteiger partial charge in [-0.1, -0.05) is 20.8 Å². The Morgan fingerprint density at radius 3 is 1.28 bits per heavy atom. The summed E-state index contributed by atoms with van der Waals surface area (Å²) < 4.78 is 58.9. The van der Waals surface area contributed by atoms with Crippen molar-refractivity contribution in [2.24, 2.45) is 0 Å². The number of hydrogen-bond donors (Lipinski definition) is 1. The molecule has 18 heavy (non-hydrogen) atoms. The molecule has 0 saturated carbocycles. The van der Waals surface area contributed by atoms with Crippen LogP contribution in [-0.4, -0.2) is 38.1 Å². The summed E-state index contributed by atoms with van der Waals surface area (Å²) >= 11 is 0. The van der Waals surface area contributed by atoms with E-state index in [9.17, 15) is 13.2 Å². The third-order valence-corrected chi connectivity index (χ3v) is 2.66. The van der Waals surface area contributed by atoms with Crippen LogP contribution in [0.1, 0.15) is 40.0 Å². The summed E-state index contributed by atoms with van der Waals surface area (Å²) in [7, 11) is -6.09. The van der Waals surface area contributed by atoms with Gasteiger partial charge >= 0.3 is 5.51 Å². The van der Waals surface area contributed by atoms with Gasteiger partial charge in [0, 0.05) is 0 Å². The van der Waals surface area contributed by atoms with Crippen molar-refractivity contribution < 1.29 is 31.0 Å². The number of hydrogen-bond acceptors (Lipinski definition) is 3. The highest BCUT2D eigenvalue weighted by Gasteiger charge is 2.36. The second kappa shape index (κ2) is 9.57. The smallest absolute Gasteiger partial charge is 0.485 e. The summed E-state index contributed by atoms with van der Waals surface area (Å²) in [5.41, 5.74) is -5.65. The summed E-state index contributed by atoms with van der Waals surface area (Å²) in [6, 6.07) is 0. The van der Waals surface area contributed by atoms with Crippen molar-refractivity contribution in [2.45, 2.75) is 45.5 Å². The molecule has 0 aliphatic carbocycles. The van der Waals surface area contributed by atoms with Gasteiger partial charge in [-0.3, -0.25) is 0 Å². The molecule has 0 aromatic carbocycles. The van der Waals surface area contributed by atoms with Gasteiger partial charge in [0.05, 0.1) is 19.6 Å². The molecule has 0 aromatic heterocycles. The molecule has 0 amide bonds. The van der Waals surface area contributed by atoms with Crippen molar-refractivity contribution in [1.29, 1.82) is 0 Å². The molecule has 0 radical (unpaired) electrons. The van der Waals surface area contributed by atoms with E-state index in [0.29, 0.717) is 0 Å². The van der Waals surface area contributed by atoms with E-state index in [4.69, 9.17) is 13.0 Å². The number of alkyl halides is 3. The van der Waals surface area contributed by atoms with Gasteiger partial charge in [-0.25, -0.2) is 8.42 Å². The lowest BCUT2D eigenvalue weighted by molar-refractivity contribution is -0.900. The van der Waals surface area contributed by atoms with E-state index in [1.54, 1.807) is 4.90 Å². The van der Waals surface area contributed by atoms with Gasteiger partial charge in [-0.05, 0) is 19.3 Å². The molecular weight excluding hydrogens is 271 g/mol. The van der Waals surface area contributed by atoms with Crippen LogP contribution in [0.5, 0.6) is 0 Å². The van der Waals surface area contributed by atoms with Crippen LogP contribution in [0, 0.1) is 0 Å². The Morgan fingerprint density at radius 2 is 1.17 bits per heavy atom. The fourth-order valence-corrected chi connectivity index (χ4v) is 1.44. The van der Waals surface area contributed by atoms with Crippen LogP contribution in [-0.2, 0) is 10.1 Å². The van der Waals surface area contributed by atoms with E-state index in [0.717, 1.165) is 0 Å². The lowest BCUT2D eigenvalue weighted by Gasteiger charge is -2.16. The average Bonchev–Trinajstić information content (AvgIpc) is 2.16. The highest BCUT2D eigenvalue weighted by Crippen LogP contribution is 2.20. The Hall–Kier alpha value is -0.340. The Morgan fingerprint density at radius 1 is 0.944 bits per heavy atom. The van der Waals surface area contributed by atoms with Gasteiger partial charge in [0.2, 0.25) is 0 Å². The van der Waals surface area contributed by atoms with E-state index in [1.807, 2.05) is 0 Å². The summed E-state index contributed by atoms with van der Waals surface area (Å²) in [4.78, 5) is 1.78. The molecule has 0 unspecified atom stereocenters. The summed E-state index contributed by atoms with van der Waals surface area (Å²) in [6.07, 6.45) is 3.99. The molecule has 0 spiro atoms. The molecule has 0 rings (SSSR count). The lowest BCUT2D eigenvalue weighted by Crippen LogP contribution is -3.11. The van der Waals surface area contributed by atoms with E-state index >= 15 is 0 Å². The predicted molar refractivity (Wildman–Crippen MR) is 62.2 cm³/mol. The lowest BCUT2D eigenvalue weighted by atomic mass is 10.3. The van der Waals surface area contributed by atoms with Crippen LogP contribution in [0.3, 0.4) is 0 Å². The minimum absolute atomic E-state index is 1.33. The molecule has 0 aliphatic heterocycles. The quantitative estimate of drug-likeness (QED) is 0.590. The van der Waals surface area contributed by atoms with Gasteiger partial charge in [0.25, 0.3) is 0 Å². The molecule has 0 fully saturated rings. The fraction of sp³-hybridized carbons (Fsp3) is 1.00. The minimum atomic E-state index is -6.09. The standard InChI is InChI=1S/C9H21N.CHF3O3S/c1-4-7-10(8-5-2)9-6-3;2-1(3,4)8(5,6)7/h4-9H2,1-3H3;(H,5,6,7). The Kier molecular flexibility index (Phi) is 10.6. The van der Waals surface area contributed by atoms with Crippen molar-refractivity contribution in [3.8, 4) is 0 Å². The zero-order valence-electron chi connectivity index (χ0n) is 11.0. The van der Waals surface area contributed by atoms with Crippen LogP contribution >= 0.6 is 0 Å². The van der Waals surface area contributed by atoms with Crippen molar-refractivity contribution in [3.63, 3.8) is 0 Å². The van der Waals surface area contributed by atoms with Crippen LogP contribution in [0.15, 0.2) is 0 Å². The summed E-state index contributed by atoms with van der Waals surface area (Å²) in [6.45, 7) is 10.9. The second-order valence-electron chi connectivity index (χ2n) is 3.90. The monoisotopic (exact) mass is 293 g/mol. The summed E-state index contributed by atoms with van der Waals surface area (Å²) in [5.74, 6) is 0. The van der Waals surface area contributed by atoms with Gasteiger partial charge < -0.3 is 9.45 Å². The van der Waals surface area contributed by atoms with E-state index in [-0.39, 0.29) is 0 Å². The predicted octanol–water partition coefficient (Wildman–Crippen LogP) is 1.15. The summed E-state index contributed by atoms with van der Waals surface area (Å²) in [5, 5.41) is 0. The first-order valence-electron chi connectivity index (χ1n) is 5.95. The second-order valence-corrected chi connectivity index (χ2v) is 5.27. The van der Waals surface area contributed by atoms with Crippen LogP contribution in [0.2, 0.25) is 0 Å². The van der Waals surface area contributed by atoms with E-state index < -0.39 is 15.6 Å². The maximum absolute atomic E-state index is 10.7. The van der Waals surface area contributed by atoms with E-state index in [1.165, 1.54) is 38.9 Å². The normalized spacial score (nSPS) is 12.2. The molecule has 0 aliphatic rings. The first-order valence-corrected chi connectivity index (χ1v) is 7.36. The van der Waals surface area contributed by atoms with Gasteiger partial charge in [-0.2, -0.15) is 13.2 Å². The third kappa shape index (κ3) is 10.8. The molecule has 0 heterocycles. The SMILES string of the molecule is CCC[NH+](CCC)CCC.O=S(=O)([O-])C(F)(F)F. The minimum Gasteiger partial charge on any atom is -0.741 e. The number of rotatable bonds is 6. The first kappa shape index (κ1) is 20.0. The highest BCUT2D eigenvalue weighted by atomic mass is 32.2. The zero-order chi connectivity index (χ0) is 14.8. The van der Waals surface area contributed by atoms with Gasteiger partial charge in [0.15, 0.2) is 10.1 Å². The van der Waals surface area contributed by atoms with Crippen LogP contribution < -0.4 is 4.90 Å². The van der Waals surface area contributed by atoms with Crippen molar-refractivity contribution >= 4 is 10.1 Å². The van der Waals surface area contributed by atoms with Gasteiger partial charge in [-0.15, -0.1) is 0 Å². The van der Waals surface area contributed by atoms with Crippen molar-refractivity contribution in [2.75, 3.05) is 19.6 Å². The van der Waals surface area contributed by atoms with Crippen molar-refractivity contribution in [3.05, 3.63) is 0 Å². The van der Waals surface area contributed by atoms with Crippen molar-refractivity contribution in [1.82, 2.24) is 0 Å². The Balaban J connectivity index is 0. The Bertz CT molecular complexity index is 277. The van der Waals surface area contributed by atoms with Crippen LogP contribution in [0.25, 0.3) is 0 Å². The molecule has 0 atom stereocenters. The molecule has 0 bridgehead atoms. The molecule has 4 nitrogen and oxygen atoms in total. The largest absolute Gasteiger partial charge is 0.741 e. The molecule has 8 heteroatoms. The maximum Gasteiger partial charge on any atom is 0.485 e. The molecule has 0 saturated heterocycles. The first-order chi connectivity index (χ1) is 8.10. The Labute approximate surface area is 107 Å². The molecule has 112 valence electrons. The van der Waals surface area contributed by atoms with Gasteiger partial charge in [0.1, 0.15) is 0 Å². The molecule has 1 N–H and O–H groups in total. The number of nitrogens with one attached hydrogen (secondary N) is 1. The number of quaternary nitrogens is 1. The topological polar surface area (TPSA) is 61.6 Å². The third-order valence-electron chi connectivity index (χ3n) is 2.09. The zero-order valence-corrected chi connectivity index (χ0v) is 11.8. The number of halogens is 3. The fourth-order valence-electron chi connectivity index (χ4n) is 1.44. The maximum atomic E-state index is 10.7. The van der Waals surface area contributed by atoms with Crippen LogP contribution in [0.4, 0.5) is 13.2 Å². The molecule has 0 aromatic rings. The highest BCUT2D eigenvalue weighted by molar-refractivity contribution is 7.86. The van der Waals surface area contributed by atoms with E-state index in [2.05, 4.69) is 20.8 Å².